The summed E-state index contributed by atoms with van der Waals surface area (Å²) in [6.07, 6.45) is 0. The number of hydrogen-bond acceptors (Lipinski definition) is 5. The van der Waals surface area contributed by atoms with Crippen LogP contribution < -0.4 is 4.74 Å². The molecule has 6 nitrogen and oxygen atoms in total. The second-order valence-electron chi connectivity index (χ2n) is 3.59. The van der Waals surface area contributed by atoms with Crippen molar-refractivity contribution in [3.8, 4) is 17.0 Å². The molecule has 0 bridgehead atoms. The molecule has 7 heteroatoms. The van der Waals surface area contributed by atoms with E-state index in [0.29, 0.717) is 5.56 Å². The van der Waals surface area contributed by atoms with Crippen LogP contribution in [0.25, 0.3) is 11.3 Å². The molecule has 19 heavy (non-hydrogen) atoms. The van der Waals surface area contributed by atoms with Gasteiger partial charge in [0.15, 0.2) is 17.3 Å². The van der Waals surface area contributed by atoms with Crippen molar-refractivity contribution in [1.82, 2.24) is 15.4 Å². The Bertz CT molecular complexity index is 598. The molecule has 1 aromatic heterocycles. The molecule has 1 heterocycles. The van der Waals surface area contributed by atoms with Gasteiger partial charge >= 0.3 is 5.97 Å². The number of hydrogen-bond donors (Lipinski definition) is 1. The Morgan fingerprint density at radius 3 is 2.89 bits per heavy atom. The normalized spacial score (nSPS) is 10.3. The maximum absolute atomic E-state index is 13.3. The number of carbonyl (C=O) groups is 1. The van der Waals surface area contributed by atoms with Gasteiger partial charge in [0.05, 0.1) is 13.7 Å². The van der Waals surface area contributed by atoms with E-state index in [4.69, 9.17) is 9.47 Å². The van der Waals surface area contributed by atoms with E-state index in [9.17, 15) is 9.18 Å². The maximum atomic E-state index is 13.3. The van der Waals surface area contributed by atoms with E-state index in [0.717, 1.165) is 0 Å². The van der Waals surface area contributed by atoms with Crippen molar-refractivity contribution in [3.05, 3.63) is 29.7 Å². The van der Waals surface area contributed by atoms with E-state index in [1.54, 1.807) is 6.92 Å². The van der Waals surface area contributed by atoms with Crippen LogP contribution in [0.4, 0.5) is 4.39 Å². The number of esters is 1. The third-order valence-corrected chi connectivity index (χ3v) is 2.44. The van der Waals surface area contributed by atoms with Crippen molar-refractivity contribution < 1.29 is 18.7 Å². The molecule has 2 rings (SSSR count). The second-order valence-corrected chi connectivity index (χ2v) is 3.59. The lowest BCUT2D eigenvalue weighted by Gasteiger charge is -2.05. The smallest absolute Gasteiger partial charge is 0.361 e. The van der Waals surface area contributed by atoms with E-state index >= 15 is 0 Å². The average Bonchev–Trinajstić information content (AvgIpc) is 2.89. The lowest BCUT2D eigenvalue weighted by Crippen LogP contribution is -2.06. The summed E-state index contributed by atoms with van der Waals surface area (Å²) in [6.45, 7) is 1.93. The fourth-order valence-electron chi connectivity index (χ4n) is 1.58. The fourth-order valence-corrected chi connectivity index (χ4v) is 1.58. The second kappa shape index (κ2) is 5.47. The summed E-state index contributed by atoms with van der Waals surface area (Å²) in [7, 11) is 1.36. The molecule has 0 saturated carbocycles. The first kappa shape index (κ1) is 13.0. The molecule has 1 N–H and O–H groups in total. The molecule has 1 aromatic carbocycles. The first-order valence-electron chi connectivity index (χ1n) is 5.59. The zero-order valence-electron chi connectivity index (χ0n) is 10.4. The predicted molar refractivity (Wildman–Crippen MR) is 64.3 cm³/mol. The summed E-state index contributed by atoms with van der Waals surface area (Å²) in [5, 5.41) is 9.98. The standard InChI is InChI=1S/C12H12FN3O3/c1-3-19-12(17)11-10(14-16-15-11)7-4-5-8(13)9(6-7)18-2/h4-6H,3H2,1-2H3,(H,14,15,16). The molecule has 0 atom stereocenters. The minimum absolute atomic E-state index is 0.0514. The number of aromatic amines is 1. The Morgan fingerprint density at radius 2 is 2.21 bits per heavy atom. The highest BCUT2D eigenvalue weighted by molar-refractivity contribution is 5.93. The molecular weight excluding hydrogens is 253 g/mol. The minimum Gasteiger partial charge on any atom is -0.494 e. The summed E-state index contributed by atoms with van der Waals surface area (Å²) in [5.74, 6) is -1.02. The molecular formula is C12H12FN3O3. The lowest BCUT2D eigenvalue weighted by atomic mass is 10.1. The molecule has 0 radical (unpaired) electrons. The Hall–Kier alpha value is -2.44. The molecule has 0 fully saturated rings. The van der Waals surface area contributed by atoms with Crippen LogP contribution in [0.3, 0.4) is 0 Å². The average molecular weight is 265 g/mol. The summed E-state index contributed by atoms with van der Waals surface area (Å²) < 4.78 is 23.1. The summed E-state index contributed by atoms with van der Waals surface area (Å²) >= 11 is 0. The van der Waals surface area contributed by atoms with Gasteiger partial charge in [0, 0.05) is 5.56 Å². The van der Waals surface area contributed by atoms with Gasteiger partial charge in [-0.3, -0.25) is 0 Å². The predicted octanol–water partition coefficient (Wildman–Crippen LogP) is 1.80. The number of halogens is 1. The quantitative estimate of drug-likeness (QED) is 0.853. The van der Waals surface area contributed by atoms with Crippen LogP contribution in [0.1, 0.15) is 17.4 Å². The number of ether oxygens (including phenoxy) is 2. The molecule has 0 spiro atoms. The molecule has 100 valence electrons. The van der Waals surface area contributed by atoms with Crippen molar-refractivity contribution in [3.63, 3.8) is 0 Å². The van der Waals surface area contributed by atoms with E-state index in [-0.39, 0.29) is 23.7 Å². The maximum Gasteiger partial charge on any atom is 0.361 e. The first-order valence-corrected chi connectivity index (χ1v) is 5.59. The number of aromatic nitrogens is 3. The summed E-state index contributed by atoms with van der Waals surface area (Å²) in [6, 6.07) is 4.16. The third kappa shape index (κ3) is 2.54. The zero-order chi connectivity index (χ0) is 13.8. The molecule has 0 unspecified atom stereocenters. The van der Waals surface area contributed by atoms with Gasteiger partial charge in [0.2, 0.25) is 0 Å². The highest BCUT2D eigenvalue weighted by Crippen LogP contribution is 2.26. The van der Waals surface area contributed by atoms with Gasteiger partial charge < -0.3 is 9.47 Å². The van der Waals surface area contributed by atoms with Crippen LogP contribution in [0.15, 0.2) is 18.2 Å². The van der Waals surface area contributed by atoms with Gasteiger partial charge in [-0.05, 0) is 25.1 Å². The monoisotopic (exact) mass is 265 g/mol. The van der Waals surface area contributed by atoms with Gasteiger partial charge in [-0.15, -0.1) is 5.10 Å². The molecule has 0 saturated heterocycles. The van der Waals surface area contributed by atoms with E-state index < -0.39 is 11.8 Å². The first-order chi connectivity index (χ1) is 9.17. The van der Waals surface area contributed by atoms with Crippen molar-refractivity contribution in [2.45, 2.75) is 6.92 Å². The summed E-state index contributed by atoms with van der Waals surface area (Å²) in [4.78, 5) is 11.7. The van der Waals surface area contributed by atoms with Gasteiger partial charge in [0.25, 0.3) is 0 Å². The van der Waals surface area contributed by atoms with Crippen molar-refractivity contribution in [2.24, 2.45) is 0 Å². The lowest BCUT2D eigenvalue weighted by molar-refractivity contribution is 0.0520. The summed E-state index contributed by atoms with van der Waals surface area (Å²) in [5.41, 5.74) is 0.849. The number of carbonyl (C=O) groups excluding carboxylic acids is 1. The molecule has 0 aliphatic rings. The van der Waals surface area contributed by atoms with E-state index in [1.807, 2.05) is 0 Å². The fraction of sp³-hybridized carbons (Fsp3) is 0.250. The molecule has 0 aliphatic carbocycles. The topological polar surface area (TPSA) is 77.1 Å². The number of rotatable bonds is 4. The van der Waals surface area contributed by atoms with Crippen LogP contribution in [0.2, 0.25) is 0 Å². The van der Waals surface area contributed by atoms with Crippen LogP contribution >= 0.6 is 0 Å². The third-order valence-electron chi connectivity index (χ3n) is 2.44. The minimum atomic E-state index is -0.588. The van der Waals surface area contributed by atoms with E-state index in [1.165, 1.54) is 25.3 Å². The SMILES string of the molecule is CCOC(=O)c1n[nH]nc1-c1ccc(F)c(OC)c1. The van der Waals surface area contributed by atoms with E-state index in [2.05, 4.69) is 15.4 Å². The van der Waals surface area contributed by atoms with Gasteiger partial charge in [-0.2, -0.15) is 10.3 Å². The Kier molecular flexibility index (Phi) is 3.74. The Morgan fingerprint density at radius 1 is 1.42 bits per heavy atom. The molecule has 0 amide bonds. The number of nitrogens with zero attached hydrogens (tertiary/aromatic N) is 2. The molecule has 2 aromatic rings. The number of methoxy groups -OCH3 is 1. The van der Waals surface area contributed by atoms with Crippen LogP contribution in [0.5, 0.6) is 5.75 Å². The zero-order valence-corrected chi connectivity index (χ0v) is 10.4. The largest absolute Gasteiger partial charge is 0.494 e. The van der Waals surface area contributed by atoms with Crippen molar-refractivity contribution >= 4 is 5.97 Å². The Balaban J connectivity index is 2.42. The molecule has 0 aliphatic heterocycles. The van der Waals surface area contributed by atoms with Gasteiger partial charge in [-0.1, -0.05) is 0 Å². The van der Waals surface area contributed by atoms with Crippen LogP contribution in [-0.4, -0.2) is 35.1 Å². The van der Waals surface area contributed by atoms with Crippen molar-refractivity contribution in [2.75, 3.05) is 13.7 Å². The van der Waals surface area contributed by atoms with Crippen LogP contribution in [0, 0.1) is 5.82 Å². The number of nitrogens with one attached hydrogen (secondary N) is 1. The van der Waals surface area contributed by atoms with Crippen LogP contribution in [-0.2, 0) is 4.74 Å². The van der Waals surface area contributed by atoms with Gasteiger partial charge in [0.1, 0.15) is 5.69 Å². The number of H-pyrrole nitrogens is 1. The Labute approximate surface area is 108 Å². The van der Waals surface area contributed by atoms with Crippen molar-refractivity contribution in [1.29, 1.82) is 0 Å². The highest BCUT2D eigenvalue weighted by Gasteiger charge is 2.19. The highest BCUT2D eigenvalue weighted by atomic mass is 19.1. The number of benzene rings is 1. The van der Waals surface area contributed by atoms with Gasteiger partial charge in [-0.25, -0.2) is 9.18 Å².